The van der Waals surface area contributed by atoms with E-state index in [9.17, 15) is 4.79 Å². The number of methoxy groups -OCH3 is 1. The molecule has 1 aliphatic heterocycles. The molecule has 1 atom stereocenters. The lowest BCUT2D eigenvalue weighted by atomic mass is 10.00. The van der Waals surface area contributed by atoms with Gasteiger partial charge in [0.15, 0.2) is 11.5 Å². The van der Waals surface area contributed by atoms with Gasteiger partial charge in [-0.1, -0.05) is 29.8 Å². The third-order valence-corrected chi connectivity index (χ3v) is 4.32. The molecule has 2 aromatic rings. The second-order valence-corrected chi connectivity index (χ2v) is 6.03. The average Bonchev–Trinajstić information content (AvgIpc) is 2.63. The highest BCUT2D eigenvalue weighted by molar-refractivity contribution is 6.32. The third kappa shape index (κ3) is 3.66. The summed E-state index contributed by atoms with van der Waals surface area (Å²) in [5, 5.41) is 3.39. The Hall–Kier alpha value is -2.40. The molecule has 1 heterocycles. The molecule has 0 radical (unpaired) electrons. The van der Waals surface area contributed by atoms with Crippen LogP contribution in [0.5, 0.6) is 17.2 Å². The van der Waals surface area contributed by atoms with E-state index in [1.54, 1.807) is 12.1 Å². The Labute approximate surface area is 151 Å². The molecule has 0 aliphatic carbocycles. The van der Waals surface area contributed by atoms with Crippen LogP contribution in [-0.2, 0) is 0 Å². The number of nitrogens with one attached hydrogen (secondary N) is 1. The fourth-order valence-electron chi connectivity index (χ4n) is 2.87. The van der Waals surface area contributed by atoms with Gasteiger partial charge in [-0.15, -0.1) is 0 Å². The summed E-state index contributed by atoms with van der Waals surface area (Å²) in [7, 11) is 1.52. The minimum absolute atomic E-state index is 0.103. The van der Waals surface area contributed by atoms with Gasteiger partial charge in [-0.25, -0.2) is 0 Å². The van der Waals surface area contributed by atoms with Crippen molar-refractivity contribution in [3.05, 3.63) is 52.5 Å². The van der Waals surface area contributed by atoms with Crippen LogP contribution in [0.4, 0.5) is 0 Å². The van der Waals surface area contributed by atoms with Gasteiger partial charge in [-0.05, 0) is 25.1 Å². The SMILES string of the molecule is CCOc1c(Cl)cc(C(=O)NC2CCOc3ccccc32)cc1OC. The van der Waals surface area contributed by atoms with Crippen LogP contribution in [0.15, 0.2) is 36.4 Å². The summed E-state index contributed by atoms with van der Waals surface area (Å²) in [4.78, 5) is 12.7. The molecule has 25 heavy (non-hydrogen) atoms. The van der Waals surface area contributed by atoms with Gasteiger partial charge >= 0.3 is 0 Å². The Morgan fingerprint density at radius 3 is 2.92 bits per heavy atom. The maximum atomic E-state index is 12.7. The molecule has 1 amide bonds. The lowest BCUT2D eigenvalue weighted by molar-refractivity contribution is 0.0924. The predicted octanol–water partition coefficient (Wildman–Crippen LogP) is 4.00. The van der Waals surface area contributed by atoms with E-state index in [-0.39, 0.29) is 11.9 Å². The van der Waals surface area contributed by atoms with E-state index in [0.29, 0.717) is 41.7 Å². The third-order valence-electron chi connectivity index (χ3n) is 4.04. The molecule has 0 aromatic heterocycles. The molecule has 6 heteroatoms. The summed E-state index contributed by atoms with van der Waals surface area (Å²) in [6.45, 7) is 2.88. The lowest BCUT2D eigenvalue weighted by Gasteiger charge is -2.26. The molecule has 5 nitrogen and oxygen atoms in total. The fraction of sp³-hybridized carbons (Fsp3) is 0.316. The molecule has 0 saturated heterocycles. The first-order valence-corrected chi connectivity index (χ1v) is 8.54. The molecule has 0 saturated carbocycles. The largest absolute Gasteiger partial charge is 0.493 e. The summed E-state index contributed by atoms with van der Waals surface area (Å²) in [6, 6.07) is 10.8. The highest BCUT2D eigenvalue weighted by atomic mass is 35.5. The molecule has 1 unspecified atom stereocenters. The van der Waals surface area contributed by atoms with Crippen LogP contribution >= 0.6 is 11.6 Å². The van der Waals surface area contributed by atoms with Crippen molar-refractivity contribution in [1.82, 2.24) is 5.32 Å². The van der Waals surface area contributed by atoms with Crippen LogP contribution in [-0.4, -0.2) is 26.2 Å². The zero-order chi connectivity index (χ0) is 17.8. The van der Waals surface area contributed by atoms with Crippen molar-refractivity contribution in [1.29, 1.82) is 0 Å². The number of carbonyl (C=O) groups is 1. The number of carbonyl (C=O) groups excluding carboxylic acids is 1. The minimum atomic E-state index is -0.218. The Morgan fingerprint density at radius 2 is 2.16 bits per heavy atom. The first-order valence-electron chi connectivity index (χ1n) is 8.17. The quantitative estimate of drug-likeness (QED) is 0.874. The lowest BCUT2D eigenvalue weighted by Crippen LogP contribution is -2.32. The maximum Gasteiger partial charge on any atom is 0.251 e. The molecule has 0 spiro atoms. The predicted molar refractivity (Wildman–Crippen MR) is 95.9 cm³/mol. The van der Waals surface area contributed by atoms with E-state index in [2.05, 4.69) is 5.32 Å². The minimum Gasteiger partial charge on any atom is -0.493 e. The van der Waals surface area contributed by atoms with Crippen molar-refractivity contribution in [3.8, 4) is 17.2 Å². The number of fused-ring (bicyclic) bond motifs is 1. The summed E-state index contributed by atoms with van der Waals surface area (Å²) in [6.07, 6.45) is 0.713. The van der Waals surface area contributed by atoms with Gasteiger partial charge in [0, 0.05) is 17.5 Å². The number of benzene rings is 2. The maximum absolute atomic E-state index is 12.7. The molecule has 0 bridgehead atoms. The van der Waals surface area contributed by atoms with E-state index in [0.717, 1.165) is 11.3 Å². The standard InChI is InChI=1S/C19H20ClNO4/c1-3-24-18-14(20)10-12(11-17(18)23-2)19(22)21-15-8-9-25-16-7-5-4-6-13(15)16/h4-7,10-11,15H,3,8-9H2,1-2H3,(H,21,22). The van der Waals surface area contributed by atoms with Crippen molar-refractivity contribution < 1.29 is 19.0 Å². The van der Waals surface area contributed by atoms with E-state index in [1.807, 2.05) is 31.2 Å². The number of halogens is 1. The molecule has 1 aliphatic rings. The van der Waals surface area contributed by atoms with Crippen LogP contribution in [0.3, 0.4) is 0 Å². The number of amides is 1. The zero-order valence-corrected chi connectivity index (χ0v) is 14.9. The van der Waals surface area contributed by atoms with E-state index in [1.165, 1.54) is 7.11 Å². The Kier molecular flexibility index (Phi) is 5.34. The van der Waals surface area contributed by atoms with Gasteiger partial charge < -0.3 is 19.5 Å². The van der Waals surface area contributed by atoms with Gasteiger partial charge in [0.05, 0.1) is 31.4 Å². The van der Waals surface area contributed by atoms with E-state index in [4.69, 9.17) is 25.8 Å². The molecule has 132 valence electrons. The number of hydrogen-bond acceptors (Lipinski definition) is 4. The molecule has 3 rings (SSSR count). The smallest absolute Gasteiger partial charge is 0.251 e. The van der Waals surface area contributed by atoms with Gasteiger partial charge in [-0.3, -0.25) is 4.79 Å². The normalized spacial score (nSPS) is 15.7. The van der Waals surface area contributed by atoms with Crippen molar-refractivity contribution >= 4 is 17.5 Å². The first kappa shape index (κ1) is 17.4. The molecular weight excluding hydrogens is 342 g/mol. The Balaban J connectivity index is 1.84. The number of para-hydroxylation sites is 1. The van der Waals surface area contributed by atoms with Gasteiger partial charge in [0.2, 0.25) is 0 Å². The van der Waals surface area contributed by atoms with Crippen molar-refractivity contribution in [2.24, 2.45) is 0 Å². The number of ether oxygens (including phenoxy) is 3. The second-order valence-electron chi connectivity index (χ2n) is 5.62. The van der Waals surface area contributed by atoms with Crippen LogP contribution < -0.4 is 19.5 Å². The summed E-state index contributed by atoms with van der Waals surface area (Å²) in [5.74, 6) is 1.47. The van der Waals surface area contributed by atoms with Crippen LogP contribution in [0.2, 0.25) is 5.02 Å². The summed E-state index contributed by atoms with van der Waals surface area (Å²) < 4.78 is 16.4. The first-order chi connectivity index (χ1) is 12.1. The number of rotatable bonds is 5. The fourth-order valence-corrected chi connectivity index (χ4v) is 3.13. The highest BCUT2D eigenvalue weighted by Crippen LogP contribution is 2.37. The van der Waals surface area contributed by atoms with Crippen LogP contribution in [0.1, 0.15) is 35.3 Å². The van der Waals surface area contributed by atoms with Crippen molar-refractivity contribution in [3.63, 3.8) is 0 Å². The van der Waals surface area contributed by atoms with Gasteiger partial charge in [-0.2, -0.15) is 0 Å². The van der Waals surface area contributed by atoms with E-state index < -0.39 is 0 Å². The van der Waals surface area contributed by atoms with Crippen molar-refractivity contribution in [2.75, 3.05) is 20.3 Å². The monoisotopic (exact) mass is 361 g/mol. The molecule has 0 fully saturated rings. The highest BCUT2D eigenvalue weighted by Gasteiger charge is 2.24. The van der Waals surface area contributed by atoms with Crippen molar-refractivity contribution in [2.45, 2.75) is 19.4 Å². The molecule has 2 aromatic carbocycles. The zero-order valence-electron chi connectivity index (χ0n) is 14.2. The van der Waals surface area contributed by atoms with Crippen LogP contribution in [0.25, 0.3) is 0 Å². The number of hydrogen-bond donors (Lipinski definition) is 1. The molecular formula is C19H20ClNO4. The Morgan fingerprint density at radius 1 is 1.36 bits per heavy atom. The summed E-state index contributed by atoms with van der Waals surface area (Å²) in [5.41, 5.74) is 1.40. The topological polar surface area (TPSA) is 56.8 Å². The van der Waals surface area contributed by atoms with E-state index >= 15 is 0 Å². The van der Waals surface area contributed by atoms with Gasteiger partial charge in [0.1, 0.15) is 5.75 Å². The average molecular weight is 362 g/mol. The Bertz CT molecular complexity index is 778. The second kappa shape index (κ2) is 7.66. The summed E-state index contributed by atoms with van der Waals surface area (Å²) >= 11 is 6.25. The molecule has 1 N–H and O–H groups in total. The van der Waals surface area contributed by atoms with Crippen LogP contribution in [0, 0.1) is 0 Å². The van der Waals surface area contributed by atoms with Gasteiger partial charge in [0.25, 0.3) is 5.91 Å².